The maximum Gasteiger partial charge on any atom is 0.220 e. The van der Waals surface area contributed by atoms with Crippen molar-refractivity contribution in [1.82, 2.24) is 5.32 Å². The van der Waals surface area contributed by atoms with Crippen LogP contribution in [0.3, 0.4) is 0 Å². The fraction of sp³-hybridized carbons (Fsp3) is 0.900. The number of aliphatic hydroxyl groups is 5. The molecule has 0 aromatic heterocycles. The average molecular weight is 838 g/mol. The van der Waals surface area contributed by atoms with Gasteiger partial charge < -0.3 is 40.3 Å². The van der Waals surface area contributed by atoms with Crippen LogP contribution in [0.15, 0.2) is 24.3 Å². The second-order valence-corrected chi connectivity index (χ2v) is 17.6. The van der Waals surface area contributed by atoms with Crippen molar-refractivity contribution in [1.29, 1.82) is 0 Å². The van der Waals surface area contributed by atoms with Gasteiger partial charge in [-0.05, 0) is 44.9 Å². The lowest BCUT2D eigenvalue weighted by molar-refractivity contribution is -0.302. The Kier molecular flexibility index (Phi) is 38.4. The summed E-state index contributed by atoms with van der Waals surface area (Å²) in [4.78, 5) is 13.0. The Morgan fingerprint density at radius 2 is 0.949 bits per heavy atom. The van der Waals surface area contributed by atoms with Crippen LogP contribution in [0.4, 0.5) is 0 Å². The van der Waals surface area contributed by atoms with Crippen molar-refractivity contribution in [3.05, 3.63) is 24.3 Å². The van der Waals surface area contributed by atoms with E-state index in [-0.39, 0.29) is 12.5 Å². The number of amides is 1. The summed E-state index contributed by atoms with van der Waals surface area (Å²) >= 11 is 0. The summed E-state index contributed by atoms with van der Waals surface area (Å²) in [6.45, 7) is 3.78. The lowest BCUT2D eigenvalue weighted by atomic mass is 9.99. The van der Waals surface area contributed by atoms with Gasteiger partial charge in [0.2, 0.25) is 5.91 Å². The molecule has 0 spiro atoms. The van der Waals surface area contributed by atoms with Gasteiger partial charge in [0.1, 0.15) is 24.4 Å². The first-order chi connectivity index (χ1) is 28.8. The van der Waals surface area contributed by atoms with Gasteiger partial charge in [-0.25, -0.2) is 0 Å². The molecule has 7 atom stereocenters. The number of hydrogen-bond donors (Lipinski definition) is 6. The third-order valence-corrected chi connectivity index (χ3v) is 12.0. The molecule has 1 fully saturated rings. The number of allylic oxidation sites excluding steroid dienone is 3. The number of nitrogens with one attached hydrogen (secondary N) is 1. The van der Waals surface area contributed by atoms with Gasteiger partial charge in [-0.1, -0.05) is 205 Å². The maximum absolute atomic E-state index is 13.0. The van der Waals surface area contributed by atoms with Gasteiger partial charge >= 0.3 is 0 Å². The molecular formula is C50H95NO8. The molecule has 348 valence electrons. The van der Waals surface area contributed by atoms with E-state index in [9.17, 15) is 30.3 Å². The van der Waals surface area contributed by atoms with Crippen LogP contribution in [0, 0.1) is 0 Å². The van der Waals surface area contributed by atoms with Gasteiger partial charge in [0, 0.05) is 6.42 Å². The van der Waals surface area contributed by atoms with Crippen LogP contribution in [-0.4, -0.2) is 87.5 Å². The lowest BCUT2D eigenvalue weighted by Gasteiger charge is -2.40. The van der Waals surface area contributed by atoms with E-state index >= 15 is 0 Å². The number of aliphatic hydroxyl groups excluding tert-OH is 5. The molecule has 0 aromatic rings. The third kappa shape index (κ3) is 31.2. The van der Waals surface area contributed by atoms with Gasteiger partial charge in [-0.3, -0.25) is 4.79 Å². The van der Waals surface area contributed by atoms with Crippen LogP contribution >= 0.6 is 0 Å². The van der Waals surface area contributed by atoms with Gasteiger partial charge in [-0.15, -0.1) is 0 Å². The fourth-order valence-corrected chi connectivity index (χ4v) is 7.97. The van der Waals surface area contributed by atoms with Crippen LogP contribution < -0.4 is 5.32 Å². The second kappa shape index (κ2) is 40.7. The van der Waals surface area contributed by atoms with Gasteiger partial charge in [0.25, 0.3) is 0 Å². The van der Waals surface area contributed by atoms with E-state index in [2.05, 4.69) is 31.3 Å². The molecule has 0 radical (unpaired) electrons. The van der Waals surface area contributed by atoms with Crippen LogP contribution in [0.1, 0.15) is 232 Å². The molecule has 0 aromatic carbocycles. The van der Waals surface area contributed by atoms with E-state index in [0.717, 1.165) is 38.5 Å². The van der Waals surface area contributed by atoms with Crippen molar-refractivity contribution >= 4 is 5.91 Å². The first kappa shape index (κ1) is 55.7. The molecule has 6 N–H and O–H groups in total. The van der Waals surface area contributed by atoms with Crippen LogP contribution in [0.2, 0.25) is 0 Å². The summed E-state index contributed by atoms with van der Waals surface area (Å²) in [6, 6.07) is -0.801. The minimum Gasteiger partial charge on any atom is -0.394 e. The van der Waals surface area contributed by atoms with Crippen LogP contribution in [-0.2, 0) is 14.3 Å². The fourth-order valence-electron chi connectivity index (χ4n) is 7.97. The highest BCUT2D eigenvalue weighted by molar-refractivity contribution is 5.76. The zero-order valence-corrected chi connectivity index (χ0v) is 38.3. The zero-order chi connectivity index (χ0) is 43.0. The summed E-state index contributed by atoms with van der Waals surface area (Å²) in [5, 5.41) is 54.2. The third-order valence-electron chi connectivity index (χ3n) is 12.0. The van der Waals surface area contributed by atoms with Crippen molar-refractivity contribution in [2.75, 3.05) is 13.2 Å². The van der Waals surface area contributed by atoms with Gasteiger partial charge in [0.05, 0.1) is 25.4 Å². The van der Waals surface area contributed by atoms with E-state index in [1.165, 1.54) is 173 Å². The molecule has 1 rings (SSSR count). The minimum atomic E-state index is -1.56. The first-order valence-corrected chi connectivity index (χ1v) is 25.1. The second-order valence-electron chi connectivity index (χ2n) is 17.6. The molecule has 59 heavy (non-hydrogen) atoms. The number of hydrogen-bond acceptors (Lipinski definition) is 8. The molecule has 0 saturated carbocycles. The molecule has 1 aliphatic rings. The molecule has 1 saturated heterocycles. The maximum atomic E-state index is 13.0. The molecule has 1 heterocycles. The Balaban J connectivity index is 2.25. The highest BCUT2D eigenvalue weighted by atomic mass is 16.7. The van der Waals surface area contributed by atoms with Crippen molar-refractivity contribution in [2.24, 2.45) is 0 Å². The van der Waals surface area contributed by atoms with E-state index in [1.54, 1.807) is 6.08 Å². The molecule has 0 aliphatic carbocycles. The Morgan fingerprint density at radius 1 is 0.559 bits per heavy atom. The summed E-state index contributed by atoms with van der Waals surface area (Å²) in [6.07, 6.45) is 42.3. The van der Waals surface area contributed by atoms with Crippen molar-refractivity contribution in [3.63, 3.8) is 0 Å². The van der Waals surface area contributed by atoms with E-state index < -0.39 is 49.5 Å². The predicted molar refractivity (Wildman–Crippen MR) is 244 cm³/mol. The van der Waals surface area contributed by atoms with Crippen LogP contribution in [0.5, 0.6) is 0 Å². The molecule has 1 amide bonds. The normalized spacial score (nSPS) is 20.8. The number of carbonyl (C=O) groups excluding carboxylic acids is 1. The van der Waals surface area contributed by atoms with E-state index in [4.69, 9.17) is 9.47 Å². The Morgan fingerprint density at radius 3 is 1.37 bits per heavy atom. The van der Waals surface area contributed by atoms with Crippen molar-refractivity contribution < 1.29 is 39.8 Å². The quantitative estimate of drug-likeness (QED) is 0.0263. The zero-order valence-electron chi connectivity index (χ0n) is 38.3. The smallest absolute Gasteiger partial charge is 0.220 e. The molecule has 0 bridgehead atoms. The number of rotatable bonds is 42. The SMILES string of the molecule is CCCCCCCC/C=C\CCCCCCCCCCCCCCCC(=O)N[C@@H](CO[C@@H]1OC(CO)[C@H](O)[C@H](O)C1O)[C@H](O)/C=C/CCCCCCCCCCCCC. The summed E-state index contributed by atoms with van der Waals surface area (Å²) < 4.78 is 11.2. The highest BCUT2D eigenvalue weighted by Gasteiger charge is 2.44. The van der Waals surface area contributed by atoms with Gasteiger partial charge in [-0.2, -0.15) is 0 Å². The number of ether oxygens (including phenoxy) is 2. The van der Waals surface area contributed by atoms with Crippen molar-refractivity contribution in [2.45, 2.75) is 275 Å². The molecule has 9 heteroatoms. The monoisotopic (exact) mass is 838 g/mol. The lowest BCUT2D eigenvalue weighted by Crippen LogP contribution is -2.60. The number of unbranched alkanes of at least 4 members (excludes halogenated alkanes) is 30. The van der Waals surface area contributed by atoms with Crippen LogP contribution in [0.25, 0.3) is 0 Å². The first-order valence-electron chi connectivity index (χ1n) is 25.1. The molecule has 1 aliphatic heterocycles. The average Bonchev–Trinajstić information content (AvgIpc) is 3.23. The van der Waals surface area contributed by atoms with Crippen molar-refractivity contribution in [3.8, 4) is 0 Å². The number of carbonyl (C=O) groups is 1. The summed E-state index contributed by atoms with van der Waals surface area (Å²) in [7, 11) is 0. The predicted octanol–water partition coefficient (Wildman–Crippen LogP) is 11.1. The molecule has 9 nitrogen and oxygen atoms in total. The van der Waals surface area contributed by atoms with Gasteiger partial charge in [0.15, 0.2) is 6.29 Å². The van der Waals surface area contributed by atoms with E-state index in [0.29, 0.717) is 6.42 Å². The van der Waals surface area contributed by atoms with E-state index in [1.807, 2.05) is 6.08 Å². The summed E-state index contributed by atoms with van der Waals surface area (Å²) in [5.74, 6) is -0.176. The Hall–Kier alpha value is -1.33. The largest absolute Gasteiger partial charge is 0.394 e. The molecular weight excluding hydrogens is 743 g/mol. The topological polar surface area (TPSA) is 149 Å². The minimum absolute atomic E-state index is 0.176. The molecule has 2 unspecified atom stereocenters. The Bertz CT molecular complexity index is 977. The summed E-state index contributed by atoms with van der Waals surface area (Å²) in [5.41, 5.74) is 0. The Labute approximate surface area is 362 Å². The standard InChI is InChI=1S/C50H95NO8/c1-3-5-7-9-11-13-15-17-18-19-20-21-22-23-24-25-26-28-30-32-34-36-38-40-46(54)51-43(42-58-50-49(57)48(56)47(55)45(41-52)59-50)44(53)39-37-35-33-31-29-27-16-14-12-10-8-6-4-2/h17-18,37,39,43-45,47-50,52-53,55-57H,3-16,19-36,38,40-42H2,1-2H3,(H,51,54)/b18-17-,39-37+/t43-,44+,45?,47-,48-,49?,50+/m0/s1. The highest BCUT2D eigenvalue weighted by Crippen LogP contribution is 2.23.